The van der Waals surface area contributed by atoms with Gasteiger partial charge in [0.2, 0.25) is 0 Å². The second kappa shape index (κ2) is 6.96. The van der Waals surface area contributed by atoms with Gasteiger partial charge in [-0.05, 0) is 18.2 Å². The minimum absolute atomic E-state index is 0.0724. The first-order chi connectivity index (χ1) is 8.99. The number of hydrogen-bond acceptors (Lipinski definition) is 4. The fourth-order valence-electron chi connectivity index (χ4n) is 1.48. The van der Waals surface area contributed by atoms with E-state index in [2.05, 4.69) is 5.32 Å². The van der Waals surface area contributed by atoms with Gasteiger partial charge in [-0.2, -0.15) is 0 Å². The first-order valence-electron chi connectivity index (χ1n) is 5.47. The Balaban J connectivity index is 2.91. The zero-order valence-corrected chi connectivity index (χ0v) is 11.0. The van der Waals surface area contributed by atoms with E-state index < -0.39 is 17.9 Å². The smallest absolute Gasteiger partial charge is 0.326 e. The van der Waals surface area contributed by atoms with E-state index in [1.807, 2.05) is 0 Å². The van der Waals surface area contributed by atoms with Gasteiger partial charge < -0.3 is 20.3 Å². The van der Waals surface area contributed by atoms with E-state index in [9.17, 15) is 9.59 Å². The quantitative estimate of drug-likeness (QED) is 0.723. The standard InChI is InChI=1S/C12H14ClNO5/c1-19-10-6-7(13)2-3-8(10)11(16)14-9(4-5-15)12(17)18/h2-3,6,9,15H,4-5H2,1H3,(H,14,16)(H,17,18)/t9-/m0/s1. The number of amides is 1. The molecule has 1 rings (SSSR count). The van der Waals surface area contributed by atoms with Crippen molar-refractivity contribution in [3.63, 3.8) is 0 Å². The number of aliphatic hydroxyl groups excluding tert-OH is 1. The van der Waals surface area contributed by atoms with Crippen LogP contribution in [0.3, 0.4) is 0 Å². The highest BCUT2D eigenvalue weighted by Crippen LogP contribution is 2.23. The van der Waals surface area contributed by atoms with Crippen molar-refractivity contribution < 1.29 is 24.5 Å². The molecule has 0 heterocycles. The molecular weight excluding hydrogens is 274 g/mol. The average molecular weight is 288 g/mol. The molecule has 0 saturated carbocycles. The van der Waals surface area contributed by atoms with Crippen LogP contribution in [0.5, 0.6) is 5.75 Å². The van der Waals surface area contributed by atoms with Crippen LogP contribution in [0, 0.1) is 0 Å². The summed E-state index contributed by atoms with van der Waals surface area (Å²) in [4.78, 5) is 22.8. The van der Waals surface area contributed by atoms with Crippen LogP contribution in [0.2, 0.25) is 5.02 Å². The number of carboxylic acid groups (broad SMARTS) is 1. The number of methoxy groups -OCH3 is 1. The Morgan fingerprint density at radius 3 is 2.68 bits per heavy atom. The molecule has 0 radical (unpaired) electrons. The third-order valence-electron chi connectivity index (χ3n) is 2.43. The molecule has 0 aliphatic rings. The number of nitrogens with one attached hydrogen (secondary N) is 1. The molecule has 0 aliphatic heterocycles. The van der Waals surface area contributed by atoms with Crippen LogP contribution >= 0.6 is 11.6 Å². The van der Waals surface area contributed by atoms with E-state index in [1.54, 1.807) is 0 Å². The van der Waals surface area contributed by atoms with Gasteiger partial charge in [-0.25, -0.2) is 4.79 Å². The molecule has 0 spiro atoms. The Bertz CT molecular complexity index is 477. The van der Waals surface area contributed by atoms with Crippen molar-refractivity contribution in [2.75, 3.05) is 13.7 Å². The number of rotatable bonds is 6. The summed E-state index contributed by atoms with van der Waals surface area (Å²) in [5.74, 6) is -1.57. The van der Waals surface area contributed by atoms with E-state index in [0.29, 0.717) is 5.02 Å². The van der Waals surface area contributed by atoms with E-state index in [4.69, 9.17) is 26.6 Å². The van der Waals surface area contributed by atoms with Crippen LogP contribution < -0.4 is 10.1 Å². The van der Waals surface area contributed by atoms with Crippen LogP contribution in [-0.4, -0.2) is 41.8 Å². The number of carboxylic acids is 1. The maximum absolute atomic E-state index is 11.9. The minimum atomic E-state index is -1.21. The Morgan fingerprint density at radius 1 is 1.47 bits per heavy atom. The van der Waals surface area contributed by atoms with Gasteiger partial charge in [-0.15, -0.1) is 0 Å². The molecule has 0 bridgehead atoms. The molecule has 7 heteroatoms. The number of carbonyl (C=O) groups is 2. The van der Waals surface area contributed by atoms with Crippen molar-refractivity contribution in [3.8, 4) is 5.75 Å². The van der Waals surface area contributed by atoms with Crippen molar-refractivity contribution in [3.05, 3.63) is 28.8 Å². The third kappa shape index (κ3) is 4.11. The number of carbonyl (C=O) groups excluding carboxylic acids is 1. The van der Waals surface area contributed by atoms with E-state index in [-0.39, 0.29) is 24.3 Å². The fraction of sp³-hybridized carbons (Fsp3) is 0.333. The molecule has 104 valence electrons. The predicted octanol–water partition coefficient (Wildman–Crippen LogP) is 0.914. The van der Waals surface area contributed by atoms with Gasteiger partial charge in [0.15, 0.2) is 0 Å². The summed E-state index contributed by atoms with van der Waals surface area (Å²) in [6.45, 7) is -0.338. The molecule has 3 N–H and O–H groups in total. The Hall–Kier alpha value is -1.79. The number of hydrogen-bond donors (Lipinski definition) is 3. The molecule has 0 aliphatic carbocycles. The number of aliphatic hydroxyl groups is 1. The van der Waals surface area contributed by atoms with Gasteiger partial charge in [-0.1, -0.05) is 11.6 Å². The summed E-state index contributed by atoms with van der Waals surface area (Å²) in [7, 11) is 1.38. The molecule has 1 atom stereocenters. The lowest BCUT2D eigenvalue weighted by Gasteiger charge is -2.14. The molecule has 1 amide bonds. The van der Waals surface area contributed by atoms with Crippen molar-refractivity contribution >= 4 is 23.5 Å². The van der Waals surface area contributed by atoms with Crippen LogP contribution in [0.15, 0.2) is 18.2 Å². The zero-order valence-electron chi connectivity index (χ0n) is 10.2. The van der Waals surface area contributed by atoms with Gasteiger partial charge in [-0.3, -0.25) is 4.79 Å². The van der Waals surface area contributed by atoms with Crippen molar-refractivity contribution in [2.45, 2.75) is 12.5 Å². The summed E-state index contributed by atoms with van der Waals surface area (Å²) in [6.07, 6.45) is -0.0724. The number of benzene rings is 1. The maximum atomic E-state index is 11.9. The molecule has 0 aromatic heterocycles. The fourth-order valence-corrected chi connectivity index (χ4v) is 1.64. The molecule has 6 nitrogen and oxygen atoms in total. The largest absolute Gasteiger partial charge is 0.496 e. The normalized spacial score (nSPS) is 11.7. The molecule has 1 aromatic rings. The monoisotopic (exact) mass is 287 g/mol. The molecule has 0 unspecified atom stereocenters. The Kier molecular flexibility index (Phi) is 5.59. The second-order valence-electron chi connectivity index (χ2n) is 3.72. The summed E-state index contributed by atoms with van der Waals surface area (Å²) in [5.41, 5.74) is 0.177. The first-order valence-corrected chi connectivity index (χ1v) is 5.85. The molecular formula is C12H14ClNO5. The SMILES string of the molecule is COc1cc(Cl)ccc1C(=O)N[C@@H](CCO)C(=O)O. The molecule has 19 heavy (non-hydrogen) atoms. The van der Waals surface area contributed by atoms with E-state index in [0.717, 1.165) is 0 Å². The van der Waals surface area contributed by atoms with Crippen LogP contribution in [0.25, 0.3) is 0 Å². The van der Waals surface area contributed by atoms with Gasteiger partial charge in [0.1, 0.15) is 11.8 Å². The van der Waals surface area contributed by atoms with E-state index >= 15 is 0 Å². The maximum Gasteiger partial charge on any atom is 0.326 e. The number of halogens is 1. The van der Waals surface area contributed by atoms with E-state index in [1.165, 1.54) is 25.3 Å². The van der Waals surface area contributed by atoms with Gasteiger partial charge in [0, 0.05) is 18.1 Å². The van der Waals surface area contributed by atoms with Crippen LogP contribution in [0.1, 0.15) is 16.8 Å². The summed E-state index contributed by atoms with van der Waals surface area (Å²) in [5, 5.41) is 20.3. The second-order valence-corrected chi connectivity index (χ2v) is 4.16. The molecule has 0 saturated heterocycles. The van der Waals surface area contributed by atoms with Gasteiger partial charge in [0.25, 0.3) is 5.91 Å². The summed E-state index contributed by atoms with van der Waals surface area (Å²) in [6, 6.07) is 3.24. The lowest BCUT2D eigenvalue weighted by atomic mass is 10.1. The van der Waals surface area contributed by atoms with Crippen LogP contribution in [-0.2, 0) is 4.79 Å². The summed E-state index contributed by atoms with van der Waals surface area (Å²) < 4.78 is 5.01. The number of ether oxygens (including phenoxy) is 1. The third-order valence-corrected chi connectivity index (χ3v) is 2.66. The highest BCUT2D eigenvalue weighted by molar-refractivity contribution is 6.30. The van der Waals surface area contributed by atoms with Crippen molar-refractivity contribution in [1.29, 1.82) is 0 Å². The van der Waals surface area contributed by atoms with Gasteiger partial charge >= 0.3 is 5.97 Å². The highest BCUT2D eigenvalue weighted by atomic mass is 35.5. The number of aliphatic carboxylic acids is 1. The topological polar surface area (TPSA) is 95.9 Å². The minimum Gasteiger partial charge on any atom is -0.496 e. The molecule has 0 fully saturated rings. The summed E-state index contributed by atoms with van der Waals surface area (Å²) >= 11 is 5.77. The Morgan fingerprint density at radius 2 is 2.16 bits per heavy atom. The van der Waals surface area contributed by atoms with Gasteiger partial charge in [0.05, 0.1) is 12.7 Å². The molecule has 1 aromatic carbocycles. The van der Waals surface area contributed by atoms with Crippen LogP contribution in [0.4, 0.5) is 0 Å². The lowest BCUT2D eigenvalue weighted by Crippen LogP contribution is -2.41. The first kappa shape index (κ1) is 15.3. The average Bonchev–Trinajstić information content (AvgIpc) is 2.37. The van der Waals surface area contributed by atoms with Crippen molar-refractivity contribution in [2.24, 2.45) is 0 Å². The zero-order chi connectivity index (χ0) is 14.4. The Labute approximate surface area is 114 Å². The predicted molar refractivity (Wildman–Crippen MR) is 68.6 cm³/mol. The highest BCUT2D eigenvalue weighted by Gasteiger charge is 2.21. The lowest BCUT2D eigenvalue weighted by molar-refractivity contribution is -0.139. The van der Waals surface area contributed by atoms with Crippen molar-refractivity contribution in [1.82, 2.24) is 5.32 Å².